The first-order valence-corrected chi connectivity index (χ1v) is 6.36. The van der Waals surface area contributed by atoms with Gasteiger partial charge in [-0.05, 0) is 19.1 Å². The topological polar surface area (TPSA) is 72.8 Å². The predicted octanol–water partition coefficient (Wildman–Crippen LogP) is 0.955. The Balaban J connectivity index is 0.000000770. The van der Waals surface area contributed by atoms with E-state index in [0.29, 0.717) is 0 Å². The highest BCUT2D eigenvalue weighted by molar-refractivity contribution is 7.86. The molecule has 0 aromatic heterocycles. The number of hydrogen-bond acceptors (Lipinski definition) is 5. The molecule has 6 heteroatoms. The van der Waals surface area contributed by atoms with Crippen molar-refractivity contribution in [1.82, 2.24) is 0 Å². The molecule has 0 saturated heterocycles. The third-order valence-electron chi connectivity index (χ3n) is 1.64. The van der Waals surface area contributed by atoms with Crippen molar-refractivity contribution >= 4 is 10.1 Å². The molecule has 1 aromatic rings. The Hall–Kier alpha value is -0.950. The number of aliphatic hydroxyl groups excluding tert-OH is 1. The third-order valence-corrected chi connectivity index (χ3v) is 2.97. The van der Waals surface area contributed by atoms with E-state index in [-0.39, 0.29) is 18.1 Å². The highest BCUT2D eigenvalue weighted by Crippen LogP contribution is 2.12. The summed E-state index contributed by atoms with van der Waals surface area (Å²) in [6, 6.07) is 6.33. The molecule has 0 atom stereocenters. The van der Waals surface area contributed by atoms with Crippen LogP contribution in [0.3, 0.4) is 0 Å². The number of methoxy groups -OCH3 is 1. The van der Waals surface area contributed by atoms with Crippen LogP contribution in [0.25, 0.3) is 0 Å². The van der Waals surface area contributed by atoms with Gasteiger partial charge in [0.1, 0.15) is 0 Å². The van der Waals surface area contributed by atoms with Crippen molar-refractivity contribution in [2.75, 3.05) is 27.4 Å². The van der Waals surface area contributed by atoms with Crippen LogP contribution in [0.5, 0.6) is 0 Å². The van der Waals surface area contributed by atoms with E-state index < -0.39 is 10.1 Å². The van der Waals surface area contributed by atoms with E-state index >= 15 is 0 Å². The summed E-state index contributed by atoms with van der Waals surface area (Å²) in [5, 5.41) is 8.43. The molecule has 1 N–H and O–H groups in total. The van der Waals surface area contributed by atoms with E-state index in [0.717, 1.165) is 5.56 Å². The summed E-state index contributed by atoms with van der Waals surface area (Å²) in [7, 11) is -0.449. The van der Waals surface area contributed by atoms with Crippen LogP contribution >= 0.6 is 0 Å². The van der Waals surface area contributed by atoms with Crippen molar-refractivity contribution in [3.05, 3.63) is 29.8 Å². The summed E-state index contributed by atoms with van der Waals surface area (Å²) in [6.07, 6.45) is 0. The second-order valence-corrected chi connectivity index (χ2v) is 4.84. The van der Waals surface area contributed by atoms with Crippen molar-refractivity contribution in [1.29, 1.82) is 0 Å². The van der Waals surface area contributed by atoms with Gasteiger partial charge in [0.15, 0.2) is 0 Å². The highest BCUT2D eigenvalue weighted by atomic mass is 32.2. The Kier molecular flexibility index (Phi) is 7.73. The van der Waals surface area contributed by atoms with Crippen LogP contribution in [0.4, 0.5) is 0 Å². The fourth-order valence-electron chi connectivity index (χ4n) is 0.920. The molecule has 0 spiro atoms. The fraction of sp³-hybridized carbons (Fsp3) is 0.455. The lowest BCUT2D eigenvalue weighted by molar-refractivity contribution is 0.205. The first kappa shape index (κ1) is 16.1. The second-order valence-electron chi connectivity index (χ2n) is 3.22. The smallest absolute Gasteiger partial charge is 0.297 e. The average molecular weight is 262 g/mol. The molecule has 0 radical (unpaired) electrons. The lowest BCUT2D eigenvalue weighted by atomic mass is 10.2. The molecule has 0 fully saturated rings. The third kappa shape index (κ3) is 6.38. The molecule has 98 valence electrons. The van der Waals surface area contributed by atoms with Gasteiger partial charge in [-0.2, -0.15) is 8.42 Å². The fourth-order valence-corrected chi connectivity index (χ4v) is 1.82. The Morgan fingerprint density at radius 3 is 2.06 bits per heavy atom. The van der Waals surface area contributed by atoms with Crippen LogP contribution in [0.15, 0.2) is 29.2 Å². The van der Waals surface area contributed by atoms with Crippen LogP contribution in [-0.4, -0.2) is 41.0 Å². The number of ether oxygens (including phenoxy) is 1. The van der Waals surface area contributed by atoms with Crippen molar-refractivity contribution in [2.24, 2.45) is 0 Å². The summed E-state index contributed by atoms with van der Waals surface area (Å²) >= 11 is 0. The first-order chi connectivity index (χ1) is 7.97. The van der Waals surface area contributed by atoms with Crippen LogP contribution in [0, 0.1) is 6.92 Å². The second kappa shape index (κ2) is 8.19. The van der Waals surface area contributed by atoms with Gasteiger partial charge in [-0.1, -0.05) is 17.7 Å². The van der Waals surface area contributed by atoms with Crippen LogP contribution in [0.1, 0.15) is 5.56 Å². The minimum absolute atomic E-state index is 0.108. The molecule has 0 saturated carbocycles. The monoisotopic (exact) mass is 262 g/mol. The standard InChI is InChI=1S/C9H12O4S.C2H6O/c1-8-2-4-9(5-3-8)14(11,12)13-7-6-10;1-3-2/h2-5,10H,6-7H2,1H3;1-2H3. The molecule has 0 heterocycles. The van der Waals surface area contributed by atoms with Gasteiger partial charge in [0, 0.05) is 14.2 Å². The Labute approximate surface area is 102 Å². The molecular weight excluding hydrogens is 244 g/mol. The molecule has 0 aliphatic rings. The van der Waals surface area contributed by atoms with Crippen molar-refractivity contribution in [3.8, 4) is 0 Å². The summed E-state index contributed by atoms with van der Waals surface area (Å²) in [5.41, 5.74) is 0.978. The molecule has 0 aliphatic carbocycles. The zero-order valence-electron chi connectivity index (χ0n) is 10.2. The van der Waals surface area contributed by atoms with E-state index in [4.69, 9.17) is 5.11 Å². The van der Waals surface area contributed by atoms with Gasteiger partial charge in [0.25, 0.3) is 10.1 Å². The number of benzene rings is 1. The maximum absolute atomic E-state index is 11.4. The number of hydrogen-bond donors (Lipinski definition) is 1. The van der Waals surface area contributed by atoms with Gasteiger partial charge in [-0.25, -0.2) is 0 Å². The van der Waals surface area contributed by atoms with Gasteiger partial charge in [0.05, 0.1) is 18.1 Å². The molecule has 0 unspecified atom stereocenters. The lowest BCUT2D eigenvalue weighted by Gasteiger charge is -2.03. The van der Waals surface area contributed by atoms with Gasteiger partial charge < -0.3 is 9.84 Å². The zero-order chi connectivity index (χ0) is 13.3. The van der Waals surface area contributed by atoms with E-state index in [9.17, 15) is 8.42 Å². The van der Waals surface area contributed by atoms with Crippen LogP contribution in [0.2, 0.25) is 0 Å². The molecular formula is C11H18O5S. The molecule has 0 amide bonds. The first-order valence-electron chi connectivity index (χ1n) is 4.95. The minimum Gasteiger partial charge on any atom is -0.394 e. The quantitative estimate of drug-likeness (QED) is 0.818. The van der Waals surface area contributed by atoms with Crippen molar-refractivity contribution in [3.63, 3.8) is 0 Å². The number of aryl methyl sites for hydroxylation is 1. The van der Waals surface area contributed by atoms with Crippen LogP contribution < -0.4 is 0 Å². The summed E-state index contributed by atoms with van der Waals surface area (Å²) in [5.74, 6) is 0. The van der Waals surface area contributed by atoms with E-state index in [2.05, 4.69) is 8.92 Å². The molecule has 17 heavy (non-hydrogen) atoms. The van der Waals surface area contributed by atoms with E-state index in [1.165, 1.54) is 12.1 Å². The minimum atomic E-state index is -3.70. The van der Waals surface area contributed by atoms with Crippen LogP contribution in [-0.2, 0) is 19.0 Å². The number of rotatable bonds is 4. The molecule has 1 rings (SSSR count). The molecule has 5 nitrogen and oxygen atoms in total. The largest absolute Gasteiger partial charge is 0.394 e. The number of aliphatic hydroxyl groups is 1. The normalized spacial score (nSPS) is 10.6. The maximum atomic E-state index is 11.4. The average Bonchev–Trinajstić information content (AvgIpc) is 2.28. The zero-order valence-corrected chi connectivity index (χ0v) is 11.0. The van der Waals surface area contributed by atoms with E-state index in [1.807, 2.05) is 6.92 Å². The van der Waals surface area contributed by atoms with Crippen molar-refractivity contribution in [2.45, 2.75) is 11.8 Å². The highest BCUT2D eigenvalue weighted by Gasteiger charge is 2.13. The lowest BCUT2D eigenvalue weighted by Crippen LogP contribution is -2.09. The van der Waals surface area contributed by atoms with Gasteiger partial charge in [0.2, 0.25) is 0 Å². The van der Waals surface area contributed by atoms with Crippen molar-refractivity contribution < 1.29 is 22.4 Å². The summed E-state index contributed by atoms with van der Waals surface area (Å²) in [4.78, 5) is 0.108. The van der Waals surface area contributed by atoms with E-state index in [1.54, 1.807) is 26.4 Å². The Morgan fingerprint density at radius 2 is 1.65 bits per heavy atom. The Bertz CT molecular complexity index is 396. The summed E-state index contributed by atoms with van der Waals surface area (Å²) < 4.78 is 31.5. The maximum Gasteiger partial charge on any atom is 0.297 e. The predicted molar refractivity (Wildman–Crippen MR) is 64.3 cm³/mol. The molecule has 0 bridgehead atoms. The Morgan fingerprint density at radius 1 is 1.18 bits per heavy atom. The van der Waals surface area contributed by atoms with Gasteiger partial charge in [-0.3, -0.25) is 4.18 Å². The van der Waals surface area contributed by atoms with Gasteiger partial charge >= 0.3 is 0 Å². The SMILES string of the molecule is COC.Cc1ccc(S(=O)(=O)OCCO)cc1. The molecule has 1 aromatic carbocycles. The van der Waals surface area contributed by atoms with Gasteiger partial charge in [-0.15, -0.1) is 0 Å². The summed E-state index contributed by atoms with van der Waals surface area (Å²) in [6.45, 7) is 1.34. The molecule has 0 aliphatic heterocycles.